The average molecular weight is 352 g/mol. The van der Waals surface area contributed by atoms with E-state index < -0.39 is 23.2 Å². The second-order valence-electron chi connectivity index (χ2n) is 7.16. The van der Waals surface area contributed by atoms with Crippen molar-refractivity contribution in [3.63, 3.8) is 0 Å². The monoisotopic (exact) mass is 352 g/mol. The first kappa shape index (κ1) is 17.6. The Morgan fingerprint density at radius 2 is 1.88 bits per heavy atom. The van der Waals surface area contributed by atoms with Crippen LogP contribution in [0, 0.1) is 11.3 Å². The summed E-state index contributed by atoms with van der Waals surface area (Å²) >= 11 is 0. The Labute approximate surface area is 150 Å². The fraction of sp³-hybridized carbons (Fsp3) is 0.263. The molecule has 0 saturated heterocycles. The maximum Gasteiger partial charge on any atom is 0.316 e. The lowest BCUT2D eigenvalue weighted by Gasteiger charge is -2.25. The molecule has 0 fully saturated rings. The summed E-state index contributed by atoms with van der Waals surface area (Å²) in [5, 5.41) is 12.0. The summed E-state index contributed by atoms with van der Waals surface area (Å²) in [5.41, 5.74) is 1.49. The number of carboxylic acids is 1. The predicted molar refractivity (Wildman–Crippen MR) is 97.6 cm³/mol. The molecule has 7 heteroatoms. The Bertz CT molecular complexity index is 922. The summed E-state index contributed by atoms with van der Waals surface area (Å²) in [6, 6.07) is 8.93. The Morgan fingerprint density at radius 3 is 2.46 bits per heavy atom. The molecule has 0 aliphatic rings. The van der Waals surface area contributed by atoms with Crippen molar-refractivity contribution < 1.29 is 14.7 Å². The maximum atomic E-state index is 12.4. The van der Waals surface area contributed by atoms with E-state index in [0.717, 1.165) is 11.3 Å². The van der Waals surface area contributed by atoms with Gasteiger partial charge in [0.05, 0.1) is 5.69 Å². The highest BCUT2D eigenvalue weighted by molar-refractivity contribution is 6.04. The number of fused-ring (bicyclic) bond motifs is 1. The lowest BCUT2D eigenvalue weighted by Crippen LogP contribution is -2.39. The minimum absolute atomic E-state index is 0.533. The van der Waals surface area contributed by atoms with Crippen molar-refractivity contribution in [3.05, 3.63) is 48.9 Å². The number of imidazole rings is 1. The zero-order valence-corrected chi connectivity index (χ0v) is 14.8. The SMILES string of the molecule is CC(C)(C)C(C(=O)O)C(=O)Nc1ccc(-c2cn3cccnc3n2)cc1. The Kier molecular flexibility index (Phi) is 4.46. The molecule has 0 aliphatic heterocycles. The number of carbonyl (C=O) groups excluding carboxylic acids is 1. The number of aliphatic carboxylic acids is 1. The molecule has 3 aromatic rings. The Balaban J connectivity index is 1.79. The van der Waals surface area contributed by atoms with Crippen molar-refractivity contribution in [2.24, 2.45) is 11.3 Å². The fourth-order valence-electron chi connectivity index (χ4n) is 2.78. The van der Waals surface area contributed by atoms with Gasteiger partial charge in [-0.3, -0.25) is 14.0 Å². The van der Waals surface area contributed by atoms with Crippen molar-refractivity contribution in [2.75, 3.05) is 5.32 Å². The molecule has 1 atom stereocenters. The number of hydrogen-bond donors (Lipinski definition) is 2. The number of nitrogens with zero attached hydrogens (tertiary/aromatic N) is 3. The molecule has 2 aromatic heterocycles. The van der Waals surface area contributed by atoms with E-state index in [1.54, 1.807) is 39.1 Å². The second-order valence-corrected chi connectivity index (χ2v) is 7.16. The third kappa shape index (κ3) is 3.56. The largest absolute Gasteiger partial charge is 0.481 e. The van der Waals surface area contributed by atoms with Crippen molar-refractivity contribution >= 4 is 23.3 Å². The molecule has 0 spiro atoms. The van der Waals surface area contributed by atoms with Crippen LogP contribution < -0.4 is 5.32 Å². The number of rotatable bonds is 4. The quantitative estimate of drug-likeness (QED) is 0.703. The van der Waals surface area contributed by atoms with E-state index in [-0.39, 0.29) is 0 Å². The van der Waals surface area contributed by atoms with Gasteiger partial charge in [0.25, 0.3) is 0 Å². The lowest BCUT2D eigenvalue weighted by molar-refractivity contribution is -0.149. The van der Waals surface area contributed by atoms with Gasteiger partial charge in [-0.1, -0.05) is 32.9 Å². The van der Waals surface area contributed by atoms with Gasteiger partial charge in [0.2, 0.25) is 11.7 Å². The normalized spacial score (nSPS) is 12.7. The van der Waals surface area contributed by atoms with E-state index in [0.29, 0.717) is 11.5 Å². The highest BCUT2D eigenvalue weighted by Crippen LogP contribution is 2.28. The summed E-state index contributed by atoms with van der Waals surface area (Å²) in [6.45, 7) is 5.18. The molecule has 1 amide bonds. The minimum atomic E-state index is -1.14. The van der Waals surface area contributed by atoms with E-state index in [2.05, 4.69) is 15.3 Å². The van der Waals surface area contributed by atoms with Gasteiger partial charge < -0.3 is 10.4 Å². The summed E-state index contributed by atoms with van der Waals surface area (Å²) in [5.74, 6) is -2.19. The van der Waals surface area contributed by atoms with Crippen molar-refractivity contribution in [1.82, 2.24) is 14.4 Å². The smallest absolute Gasteiger partial charge is 0.316 e. The molecule has 134 valence electrons. The van der Waals surface area contributed by atoms with Gasteiger partial charge in [0.1, 0.15) is 5.92 Å². The molecule has 2 N–H and O–H groups in total. The van der Waals surface area contributed by atoms with Gasteiger partial charge in [-0.15, -0.1) is 0 Å². The number of carboxylic acid groups (broad SMARTS) is 1. The summed E-state index contributed by atoms with van der Waals surface area (Å²) < 4.78 is 1.83. The number of amides is 1. The zero-order valence-electron chi connectivity index (χ0n) is 14.8. The highest BCUT2D eigenvalue weighted by Gasteiger charge is 2.37. The van der Waals surface area contributed by atoms with Crippen LogP contribution >= 0.6 is 0 Å². The highest BCUT2D eigenvalue weighted by atomic mass is 16.4. The van der Waals surface area contributed by atoms with E-state index >= 15 is 0 Å². The molecule has 26 heavy (non-hydrogen) atoms. The maximum absolute atomic E-state index is 12.4. The van der Waals surface area contributed by atoms with Crippen molar-refractivity contribution in [1.29, 1.82) is 0 Å². The van der Waals surface area contributed by atoms with Gasteiger partial charge in [0.15, 0.2) is 0 Å². The second kappa shape index (κ2) is 6.59. The zero-order chi connectivity index (χ0) is 18.9. The molecule has 2 heterocycles. The first-order valence-corrected chi connectivity index (χ1v) is 8.19. The van der Waals surface area contributed by atoms with Crippen LogP contribution in [0.25, 0.3) is 17.0 Å². The molecule has 0 aliphatic carbocycles. The van der Waals surface area contributed by atoms with E-state index in [1.165, 1.54) is 0 Å². The fourth-order valence-corrected chi connectivity index (χ4v) is 2.78. The van der Waals surface area contributed by atoms with Crippen LogP contribution in [-0.2, 0) is 9.59 Å². The van der Waals surface area contributed by atoms with E-state index in [4.69, 9.17) is 0 Å². The first-order chi connectivity index (χ1) is 12.3. The average Bonchev–Trinajstić information content (AvgIpc) is 2.97. The third-order valence-corrected chi connectivity index (χ3v) is 4.06. The van der Waals surface area contributed by atoms with Crippen molar-refractivity contribution in [2.45, 2.75) is 20.8 Å². The van der Waals surface area contributed by atoms with Crippen LogP contribution in [0.1, 0.15) is 20.8 Å². The molecular weight excluding hydrogens is 332 g/mol. The minimum Gasteiger partial charge on any atom is -0.481 e. The number of anilines is 1. The standard InChI is InChI=1S/C19H20N4O3/c1-19(2,3)15(17(25)26)16(24)21-13-7-5-12(6-8-13)14-11-23-10-4-9-20-18(23)22-14/h4-11,15H,1-3H3,(H,21,24)(H,25,26). The van der Waals surface area contributed by atoms with Crippen LogP contribution in [0.15, 0.2) is 48.9 Å². The van der Waals surface area contributed by atoms with Gasteiger partial charge in [0, 0.05) is 29.8 Å². The first-order valence-electron chi connectivity index (χ1n) is 8.19. The summed E-state index contributed by atoms with van der Waals surface area (Å²) in [4.78, 5) is 32.4. The molecule has 0 bridgehead atoms. The Hall–Kier alpha value is -3.22. The van der Waals surface area contributed by atoms with Gasteiger partial charge in [-0.05, 0) is 23.6 Å². The number of hydrogen-bond acceptors (Lipinski definition) is 4. The summed E-state index contributed by atoms with van der Waals surface area (Å²) in [6.07, 6.45) is 5.42. The number of aromatic nitrogens is 3. The molecule has 3 rings (SSSR count). The molecule has 0 radical (unpaired) electrons. The number of nitrogens with one attached hydrogen (secondary N) is 1. The molecule has 7 nitrogen and oxygen atoms in total. The van der Waals surface area contributed by atoms with Gasteiger partial charge in [-0.2, -0.15) is 0 Å². The summed E-state index contributed by atoms with van der Waals surface area (Å²) in [7, 11) is 0. The number of benzene rings is 1. The number of carbonyl (C=O) groups is 2. The van der Waals surface area contributed by atoms with Gasteiger partial charge in [-0.25, -0.2) is 9.97 Å². The lowest BCUT2D eigenvalue weighted by atomic mass is 9.80. The third-order valence-electron chi connectivity index (χ3n) is 4.06. The van der Waals surface area contributed by atoms with Crippen LogP contribution in [0.2, 0.25) is 0 Å². The van der Waals surface area contributed by atoms with E-state index in [1.807, 2.05) is 35.0 Å². The van der Waals surface area contributed by atoms with Crippen molar-refractivity contribution in [3.8, 4) is 11.3 Å². The Morgan fingerprint density at radius 1 is 1.19 bits per heavy atom. The predicted octanol–water partition coefficient (Wildman–Crippen LogP) is 3.08. The van der Waals surface area contributed by atoms with Crippen LogP contribution in [-0.4, -0.2) is 31.4 Å². The van der Waals surface area contributed by atoms with Crippen LogP contribution in [0.3, 0.4) is 0 Å². The van der Waals surface area contributed by atoms with Gasteiger partial charge >= 0.3 is 5.97 Å². The van der Waals surface area contributed by atoms with Crippen LogP contribution in [0.4, 0.5) is 5.69 Å². The topological polar surface area (TPSA) is 96.6 Å². The van der Waals surface area contributed by atoms with E-state index in [9.17, 15) is 14.7 Å². The molecule has 0 saturated carbocycles. The van der Waals surface area contributed by atoms with Crippen LogP contribution in [0.5, 0.6) is 0 Å². The molecule has 1 unspecified atom stereocenters. The molecular formula is C19H20N4O3. The molecule has 1 aromatic carbocycles.